The van der Waals surface area contributed by atoms with Gasteiger partial charge in [0, 0.05) is 12.4 Å². The number of hydrogen-bond acceptors (Lipinski definition) is 5. The lowest BCUT2D eigenvalue weighted by Crippen LogP contribution is -2.07. The standard InChI is InChI=1S/C8H10N6/c1-6-4-10-3-2-7(6)5-14-8(9)11-12-13-14/h2-4H,5H2,1H3,(H2,9,11,13). The summed E-state index contributed by atoms with van der Waals surface area (Å²) in [7, 11) is 0. The first-order chi connectivity index (χ1) is 6.77. The van der Waals surface area contributed by atoms with Crippen LogP contribution in [0.25, 0.3) is 0 Å². The molecule has 0 aliphatic heterocycles. The topological polar surface area (TPSA) is 82.5 Å². The summed E-state index contributed by atoms with van der Waals surface area (Å²) in [6.45, 7) is 2.57. The van der Waals surface area contributed by atoms with Crippen molar-refractivity contribution in [2.45, 2.75) is 13.5 Å². The molecule has 2 aromatic heterocycles. The number of hydrogen-bond donors (Lipinski definition) is 1. The maximum atomic E-state index is 5.55. The van der Waals surface area contributed by atoms with Gasteiger partial charge in [0.15, 0.2) is 0 Å². The lowest BCUT2D eigenvalue weighted by atomic mass is 10.2. The average Bonchev–Trinajstić information content (AvgIpc) is 2.56. The summed E-state index contributed by atoms with van der Waals surface area (Å²) in [6, 6.07) is 1.93. The monoisotopic (exact) mass is 190 g/mol. The van der Waals surface area contributed by atoms with E-state index in [9.17, 15) is 0 Å². The molecule has 0 saturated carbocycles. The number of pyridine rings is 1. The molecule has 0 aliphatic carbocycles. The molecule has 0 bridgehead atoms. The molecule has 72 valence electrons. The summed E-state index contributed by atoms with van der Waals surface area (Å²) in [4.78, 5) is 4.00. The molecule has 2 aromatic rings. The number of nitrogen functional groups attached to an aromatic ring is 1. The minimum atomic E-state index is 0.321. The lowest BCUT2D eigenvalue weighted by molar-refractivity contribution is 0.652. The van der Waals surface area contributed by atoms with Gasteiger partial charge in [-0.05, 0) is 34.5 Å². The third kappa shape index (κ3) is 1.54. The van der Waals surface area contributed by atoms with Crippen LogP contribution in [0.1, 0.15) is 11.1 Å². The molecular weight excluding hydrogens is 180 g/mol. The van der Waals surface area contributed by atoms with E-state index in [1.165, 1.54) is 0 Å². The van der Waals surface area contributed by atoms with Crippen LogP contribution in [0.5, 0.6) is 0 Å². The summed E-state index contributed by atoms with van der Waals surface area (Å²) in [5.41, 5.74) is 7.76. The number of nitrogens with two attached hydrogens (primary N) is 1. The third-order valence-corrected chi connectivity index (χ3v) is 2.02. The van der Waals surface area contributed by atoms with Gasteiger partial charge in [-0.1, -0.05) is 5.10 Å². The predicted octanol–water partition coefficient (Wildman–Crippen LogP) is 0.00702. The summed E-state index contributed by atoms with van der Waals surface area (Å²) in [5.74, 6) is 0.321. The van der Waals surface area contributed by atoms with Gasteiger partial charge in [0.2, 0.25) is 5.95 Å². The first-order valence-corrected chi connectivity index (χ1v) is 4.18. The van der Waals surface area contributed by atoms with Crippen molar-refractivity contribution in [2.24, 2.45) is 0 Å². The van der Waals surface area contributed by atoms with Crippen LogP contribution < -0.4 is 5.73 Å². The zero-order chi connectivity index (χ0) is 9.97. The number of aromatic nitrogens is 5. The van der Waals surface area contributed by atoms with Crippen molar-refractivity contribution in [2.75, 3.05) is 5.73 Å². The highest BCUT2D eigenvalue weighted by molar-refractivity contribution is 5.23. The average molecular weight is 190 g/mol. The van der Waals surface area contributed by atoms with Crippen molar-refractivity contribution >= 4 is 5.95 Å². The van der Waals surface area contributed by atoms with E-state index in [4.69, 9.17) is 5.73 Å². The molecule has 0 amide bonds. The number of tetrazole rings is 1. The van der Waals surface area contributed by atoms with Crippen LogP contribution in [-0.4, -0.2) is 25.2 Å². The largest absolute Gasteiger partial charge is 0.367 e. The highest BCUT2D eigenvalue weighted by Gasteiger charge is 2.03. The van der Waals surface area contributed by atoms with Crippen molar-refractivity contribution < 1.29 is 0 Å². The third-order valence-electron chi connectivity index (χ3n) is 2.02. The fraction of sp³-hybridized carbons (Fsp3) is 0.250. The molecule has 0 saturated heterocycles. The zero-order valence-electron chi connectivity index (χ0n) is 7.75. The predicted molar refractivity (Wildman–Crippen MR) is 50.3 cm³/mol. The number of rotatable bonds is 2. The summed E-state index contributed by atoms with van der Waals surface area (Å²) < 4.78 is 1.54. The Morgan fingerprint density at radius 1 is 1.50 bits per heavy atom. The molecule has 0 spiro atoms. The van der Waals surface area contributed by atoms with Gasteiger partial charge in [-0.15, -0.1) is 0 Å². The van der Waals surface area contributed by atoms with Crippen molar-refractivity contribution in [1.29, 1.82) is 0 Å². The SMILES string of the molecule is Cc1cnccc1Cn1nnnc1N. The summed E-state index contributed by atoms with van der Waals surface area (Å²) >= 11 is 0. The fourth-order valence-electron chi connectivity index (χ4n) is 1.17. The van der Waals surface area contributed by atoms with Crippen molar-refractivity contribution in [3.8, 4) is 0 Å². The molecule has 2 rings (SSSR count). The number of anilines is 1. The molecule has 0 fully saturated rings. The van der Waals surface area contributed by atoms with E-state index in [1.807, 2.05) is 13.0 Å². The second-order valence-electron chi connectivity index (χ2n) is 3.00. The molecular formula is C8H10N6. The van der Waals surface area contributed by atoms with Crippen LogP contribution in [0.3, 0.4) is 0 Å². The van der Waals surface area contributed by atoms with Crippen molar-refractivity contribution in [1.82, 2.24) is 25.2 Å². The molecule has 0 aliphatic rings. The number of nitrogens with zero attached hydrogens (tertiary/aromatic N) is 5. The van der Waals surface area contributed by atoms with Crippen LogP contribution in [0, 0.1) is 6.92 Å². The van der Waals surface area contributed by atoms with Gasteiger partial charge in [0.05, 0.1) is 6.54 Å². The number of aryl methyl sites for hydroxylation is 1. The fourth-order valence-corrected chi connectivity index (χ4v) is 1.17. The highest BCUT2D eigenvalue weighted by atomic mass is 15.6. The van der Waals surface area contributed by atoms with E-state index in [0.717, 1.165) is 11.1 Å². The molecule has 0 radical (unpaired) electrons. The van der Waals surface area contributed by atoms with E-state index >= 15 is 0 Å². The van der Waals surface area contributed by atoms with E-state index in [0.29, 0.717) is 12.5 Å². The van der Waals surface area contributed by atoms with Gasteiger partial charge in [0.25, 0.3) is 0 Å². The lowest BCUT2D eigenvalue weighted by Gasteiger charge is -2.04. The van der Waals surface area contributed by atoms with Gasteiger partial charge in [0.1, 0.15) is 0 Å². The Kier molecular flexibility index (Phi) is 2.10. The molecule has 6 nitrogen and oxygen atoms in total. The Labute approximate surface area is 80.8 Å². The smallest absolute Gasteiger partial charge is 0.240 e. The van der Waals surface area contributed by atoms with Crippen molar-refractivity contribution in [3.05, 3.63) is 29.6 Å². The molecule has 0 aromatic carbocycles. The molecule has 0 atom stereocenters. The van der Waals surface area contributed by atoms with Crippen LogP contribution in [-0.2, 0) is 6.54 Å². The van der Waals surface area contributed by atoms with E-state index in [-0.39, 0.29) is 0 Å². The van der Waals surface area contributed by atoms with Crippen LogP contribution in [0.2, 0.25) is 0 Å². The molecule has 6 heteroatoms. The molecule has 0 unspecified atom stereocenters. The van der Waals surface area contributed by atoms with Gasteiger partial charge >= 0.3 is 0 Å². The maximum absolute atomic E-state index is 5.55. The summed E-state index contributed by atoms with van der Waals surface area (Å²) in [5, 5.41) is 10.8. The maximum Gasteiger partial charge on any atom is 0.240 e. The molecule has 2 N–H and O–H groups in total. The Morgan fingerprint density at radius 3 is 3.00 bits per heavy atom. The normalized spacial score (nSPS) is 10.4. The first kappa shape index (κ1) is 8.61. The van der Waals surface area contributed by atoms with E-state index in [2.05, 4.69) is 20.5 Å². The van der Waals surface area contributed by atoms with Gasteiger partial charge in [-0.25, -0.2) is 4.68 Å². The quantitative estimate of drug-likeness (QED) is 0.721. The van der Waals surface area contributed by atoms with E-state index in [1.54, 1.807) is 17.1 Å². The Bertz CT molecular complexity index is 435. The van der Waals surface area contributed by atoms with Gasteiger partial charge in [-0.2, -0.15) is 0 Å². The second kappa shape index (κ2) is 3.41. The second-order valence-corrected chi connectivity index (χ2v) is 3.00. The van der Waals surface area contributed by atoms with Crippen LogP contribution >= 0.6 is 0 Å². The Balaban J connectivity index is 2.28. The van der Waals surface area contributed by atoms with Crippen LogP contribution in [0.15, 0.2) is 18.5 Å². The Hall–Kier alpha value is -1.98. The highest BCUT2D eigenvalue weighted by Crippen LogP contribution is 2.07. The Morgan fingerprint density at radius 2 is 2.36 bits per heavy atom. The van der Waals surface area contributed by atoms with Gasteiger partial charge < -0.3 is 5.73 Å². The summed E-state index contributed by atoms with van der Waals surface area (Å²) in [6.07, 6.45) is 3.54. The zero-order valence-corrected chi connectivity index (χ0v) is 7.75. The van der Waals surface area contributed by atoms with E-state index < -0.39 is 0 Å². The minimum absolute atomic E-state index is 0.321. The van der Waals surface area contributed by atoms with Crippen LogP contribution in [0.4, 0.5) is 5.95 Å². The molecule has 14 heavy (non-hydrogen) atoms. The van der Waals surface area contributed by atoms with Gasteiger partial charge in [-0.3, -0.25) is 4.98 Å². The molecule has 2 heterocycles. The first-order valence-electron chi connectivity index (χ1n) is 4.18. The van der Waals surface area contributed by atoms with Crippen molar-refractivity contribution in [3.63, 3.8) is 0 Å². The minimum Gasteiger partial charge on any atom is -0.367 e.